The van der Waals surface area contributed by atoms with Gasteiger partial charge in [0.1, 0.15) is 5.82 Å². The summed E-state index contributed by atoms with van der Waals surface area (Å²) in [5, 5.41) is 3.22. The Balaban J connectivity index is 1.95. The van der Waals surface area contributed by atoms with E-state index in [1.807, 2.05) is 31.5 Å². The molecule has 2 aromatic heterocycles. The Bertz CT molecular complexity index is 377. The van der Waals surface area contributed by atoms with Crippen molar-refractivity contribution in [3.05, 3.63) is 42.2 Å². The van der Waals surface area contributed by atoms with E-state index in [0.717, 1.165) is 17.2 Å². The number of imidazole rings is 1. The molecule has 72 valence electrons. The van der Waals surface area contributed by atoms with Crippen molar-refractivity contribution in [3.63, 3.8) is 0 Å². The largest absolute Gasteiger partial charge is 0.377 e. The number of rotatable bonds is 3. The van der Waals surface area contributed by atoms with Crippen LogP contribution in [-0.4, -0.2) is 15.0 Å². The lowest BCUT2D eigenvalue weighted by atomic mass is 10.3. The molecule has 0 unspecified atom stereocenters. The number of aryl methyl sites for hydroxylation is 1. The molecule has 2 aromatic rings. The van der Waals surface area contributed by atoms with Gasteiger partial charge in [-0.2, -0.15) is 0 Å². The molecule has 14 heavy (non-hydrogen) atoms. The van der Waals surface area contributed by atoms with Crippen molar-refractivity contribution < 1.29 is 0 Å². The molecular formula is C10H12N4. The van der Waals surface area contributed by atoms with Crippen LogP contribution in [0.1, 0.15) is 11.5 Å². The van der Waals surface area contributed by atoms with Gasteiger partial charge in [0.05, 0.1) is 18.4 Å². The third-order valence-electron chi connectivity index (χ3n) is 1.93. The number of aromatic nitrogens is 3. The summed E-state index contributed by atoms with van der Waals surface area (Å²) in [6.07, 6.45) is 5.37. The molecule has 2 N–H and O–H groups in total. The van der Waals surface area contributed by atoms with E-state index in [2.05, 4.69) is 20.3 Å². The topological polar surface area (TPSA) is 53.6 Å². The molecule has 2 rings (SSSR count). The van der Waals surface area contributed by atoms with Crippen molar-refractivity contribution in [1.29, 1.82) is 0 Å². The molecule has 4 nitrogen and oxygen atoms in total. The lowest BCUT2D eigenvalue weighted by molar-refractivity contribution is 0.996. The Labute approximate surface area is 82.4 Å². The first-order valence-corrected chi connectivity index (χ1v) is 4.49. The Morgan fingerprint density at radius 1 is 1.36 bits per heavy atom. The maximum atomic E-state index is 4.19. The van der Waals surface area contributed by atoms with Gasteiger partial charge in [0.25, 0.3) is 0 Å². The minimum absolute atomic E-state index is 0.692. The van der Waals surface area contributed by atoms with Gasteiger partial charge < -0.3 is 10.3 Å². The van der Waals surface area contributed by atoms with Crippen LogP contribution in [0.25, 0.3) is 0 Å². The number of H-pyrrole nitrogens is 1. The summed E-state index contributed by atoms with van der Waals surface area (Å²) in [6, 6.07) is 3.98. The number of nitrogens with zero attached hydrogens (tertiary/aromatic N) is 2. The summed E-state index contributed by atoms with van der Waals surface area (Å²) in [4.78, 5) is 11.3. The molecule has 0 spiro atoms. The summed E-state index contributed by atoms with van der Waals surface area (Å²) in [6.45, 7) is 2.66. The van der Waals surface area contributed by atoms with Crippen molar-refractivity contribution in [1.82, 2.24) is 15.0 Å². The molecule has 2 heterocycles. The fourth-order valence-corrected chi connectivity index (χ4v) is 1.15. The Morgan fingerprint density at radius 3 is 2.93 bits per heavy atom. The van der Waals surface area contributed by atoms with Gasteiger partial charge in [0.15, 0.2) is 0 Å². The monoisotopic (exact) mass is 188 g/mol. The van der Waals surface area contributed by atoms with Crippen LogP contribution in [0.4, 0.5) is 5.69 Å². The lowest BCUT2D eigenvalue weighted by Crippen LogP contribution is -2.01. The van der Waals surface area contributed by atoms with Crippen LogP contribution in [-0.2, 0) is 6.54 Å². The zero-order valence-electron chi connectivity index (χ0n) is 7.99. The summed E-state index contributed by atoms with van der Waals surface area (Å²) in [5.41, 5.74) is 2.03. The van der Waals surface area contributed by atoms with Crippen LogP contribution in [0.15, 0.2) is 30.7 Å². The molecule has 0 fully saturated rings. The molecule has 4 heteroatoms. The Morgan fingerprint density at radius 2 is 2.29 bits per heavy atom. The van der Waals surface area contributed by atoms with Crippen molar-refractivity contribution in [2.24, 2.45) is 0 Å². The highest BCUT2D eigenvalue weighted by Gasteiger charge is 1.94. The number of hydrogen-bond donors (Lipinski definition) is 2. The second kappa shape index (κ2) is 3.91. The predicted octanol–water partition coefficient (Wildman–Crippen LogP) is 1.73. The fourth-order valence-electron chi connectivity index (χ4n) is 1.15. The average Bonchev–Trinajstić information content (AvgIpc) is 2.70. The van der Waals surface area contributed by atoms with Gasteiger partial charge in [0, 0.05) is 18.1 Å². The van der Waals surface area contributed by atoms with E-state index in [0.29, 0.717) is 6.54 Å². The summed E-state index contributed by atoms with van der Waals surface area (Å²) in [5.74, 6) is 0.922. The van der Waals surface area contributed by atoms with E-state index in [9.17, 15) is 0 Å². The molecule has 0 aliphatic rings. The Kier molecular flexibility index (Phi) is 2.44. The van der Waals surface area contributed by atoms with E-state index in [4.69, 9.17) is 0 Å². The first-order chi connectivity index (χ1) is 6.84. The van der Waals surface area contributed by atoms with E-state index in [1.165, 1.54) is 0 Å². The van der Waals surface area contributed by atoms with Gasteiger partial charge in [-0.3, -0.25) is 4.98 Å². The van der Waals surface area contributed by atoms with Gasteiger partial charge in [-0.05, 0) is 19.1 Å². The summed E-state index contributed by atoms with van der Waals surface area (Å²) < 4.78 is 0. The maximum absolute atomic E-state index is 4.19. The third kappa shape index (κ3) is 2.10. The fraction of sp³-hybridized carbons (Fsp3) is 0.200. The second-order valence-corrected chi connectivity index (χ2v) is 3.08. The highest BCUT2D eigenvalue weighted by molar-refractivity contribution is 5.40. The maximum Gasteiger partial charge on any atom is 0.125 e. The van der Waals surface area contributed by atoms with Crippen molar-refractivity contribution >= 4 is 5.69 Å². The molecule has 0 saturated heterocycles. The van der Waals surface area contributed by atoms with Gasteiger partial charge in [-0.15, -0.1) is 0 Å². The van der Waals surface area contributed by atoms with E-state index in [1.54, 1.807) is 6.20 Å². The number of anilines is 1. The third-order valence-corrected chi connectivity index (χ3v) is 1.93. The molecular weight excluding hydrogens is 176 g/mol. The standard InChI is InChI=1S/C10H12N4/c1-8-2-3-9(6-13-8)14-7-10-11-4-5-12-10/h2-6,14H,7H2,1H3,(H,11,12). The summed E-state index contributed by atoms with van der Waals surface area (Å²) in [7, 11) is 0. The minimum atomic E-state index is 0.692. The van der Waals surface area contributed by atoms with E-state index < -0.39 is 0 Å². The molecule has 0 atom stereocenters. The van der Waals surface area contributed by atoms with Gasteiger partial charge in [-0.25, -0.2) is 4.98 Å². The highest BCUT2D eigenvalue weighted by atomic mass is 15.0. The number of aromatic amines is 1. The van der Waals surface area contributed by atoms with Crippen LogP contribution < -0.4 is 5.32 Å². The quantitative estimate of drug-likeness (QED) is 0.771. The molecule has 0 amide bonds. The molecule has 0 aliphatic heterocycles. The van der Waals surface area contributed by atoms with E-state index in [-0.39, 0.29) is 0 Å². The molecule has 0 aliphatic carbocycles. The highest BCUT2D eigenvalue weighted by Crippen LogP contribution is 2.06. The molecule has 0 bridgehead atoms. The number of pyridine rings is 1. The minimum Gasteiger partial charge on any atom is -0.377 e. The van der Waals surface area contributed by atoms with Gasteiger partial charge >= 0.3 is 0 Å². The summed E-state index contributed by atoms with van der Waals surface area (Å²) >= 11 is 0. The first-order valence-electron chi connectivity index (χ1n) is 4.49. The van der Waals surface area contributed by atoms with Crippen LogP contribution >= 0.6 is 0 Å². The van der Waals surface area contributed by atoms with Crippen LogP contribution in [0.2, 0.25) is 0 Å². The smallest absolute Gasteiger partial charge is 0.125 e. The normalized spacial score (nSPS) is 10.1. The first kappa shape index (κ1) is 8.74. The average molecular weight is 188 g/mol. The van der Waals surface area contributed by atoms with Crippen molar-refractivity contribution in [2.45, 2.75) is 13.5 Å². The number of nitrogens with one attached hydrogen (secondary N) is 2. The van der Waals surface area contributed by atoms with Crippen LogP contribution in [0.3, 0.4) is 0 Å². The molecule has 0 aromatic carbocycles. The lowest BCUT2D eigenvalue weighted by Gasteiger charge is -2.03. The number of hydrogen-bond acceptors (Lipinski definition) is 3. The Hall–Kier alpha value is -1.84. The van der Waals surface area contributed by atoms with Crippen LogP contribution in [0, 0.1) is 6.92 Å². The van der Waals surface area contributed by atoms with Crippen molar-refractivity contribution in [3.8, 4) is 0 Å². The van der Waals surface area contributed by atoms with E-state index >= 15 is 0 Å². The zero-order valence-corrected chi connectivity index (χ0v) is 7.99. The SMILES string of the molecule is Cc1ccc(NCc2ncc[nH]2)cn1. The van der Waals surface area contributed by atoms with Crippen LogP contribution in [0.5, 0.6) is 0 Å². The van der Waals surface area contributed by atoms with Gasteiger partial charge in [0.2, 0.25) is 0 Å². The molecule has 0 radical (unpaired) electrons. The second-order valence-electron chi connectivity index (χ2n) is 3.08. The molecule has 0 saturated carbocycles. The predicted molar refractivity (Wildman–Crippen MR) is 54.9 cm³/mol. The van der Waals surface area contributed by atoms with Crippen molar-refractivity contribution in [2.75, 3.05) is 5.32 Å². The zero-order chi connectivity index (χ0) is 9.80. The van der Waals surface area contributed by atoms with Gasteiger partial charge in [-0.1, -0.05) is 0 Å².